The maximum absolute atomic E-state index is 13.0. The van der Waals surface area contributed by atoms with E-state index >= 15 is 0 Å². The van der Waals surface area contributed by atoms with Gasteiger partial charge in [-0.25, -0.2) is 4.98 Å². The fourth-order valence-corrected chi connectivity index (χ4v) is 3.09. The molecule has 0 radical (unpaired) electrons. The summed E-state index contributed by atoms with van der Waals surface area (Å²) in [5, 5.41) is 11.2. The lowest BCUT2D eigenvalue weighted by molar-refractivity contribution is -0.384. The second-order valence-corrected chi connectivity index (χ2v) is 5.97. The van der Waals surface area contributed by atoms with Crippen molar-refractivity contribution in [1.29, 1.82) is 0 Å². The van der Waals surface area contributed by atoms with E-state index in [1.54, 1.807) is 12.1 Å². The molecule has 0 spiro atoms. The lowest BCUT2D eigenvalue weighted by Gasteiger charge is -2.07. The minimum Gasteiger partial charge on any atom is -0.469 e. The van der Waals surface area contributed by atoms with Gasteiger partial charge in [-0.2, -0.15) is 0 Å². The molecule has 0 amide bonds. The molecular weight excluding hydrogens is 354 g/mol. The molecule has 9 nitrogen and oxygen atoms in total. The lowest BCUT2D eigenvalue weighted by Crippen LogP contribution is -2.21. The van der Waals surface area contributed by atoms with Crippen LogP contribution >= 0.6 is 0 Å². The number of aromatic nitrogens is 2. The maximum Gasteiger partial charge on any atom is 0.309 e. The first kappa shape index (κ1) is 16.6. The van der Waals surface area contributed by atoms with Gasteiger partial charge in [-0.15, -0.1) is 0 Å². The van der Waals surface area contributed by atoms with Crippen LogP contribution < -0.4 is 5.56 Å². The molecule has 0 unspecified atom stereocenters. The van der Waals surface area contributed by atoms with Crippen molar-refractivity contribution in [2.24, 2.45) is 0 Å². The maximum atomic E-state index is 13.0. The highest BCUT2D eigenvalue weighted by molar-refractivity contribution is 6.13. The number of hydrogen-bond acceptors (Lipinski definition) is 7. The number of benzene rings is 2. The van der Waals surface area contributed by atoms with Crippen LogP contribution in [-0.2, 0) is 16.0 Å². The molecule has 0 fully saturated rings. The molecular formula is C18H11N3O6. The number of nitro groups is 1. The van der Waals surface area contributed by atoms with Crippen LogP contribution in [0.25, 0.3) is 16.6 Å². The number of rotatable bonds is 3. The molecule has 2 aromatic carbocycles. The Morgan fingerprint density at radius 2 is 2.00 bits per heavy atom. The van der Waals surface area contributed by atoms with Gasteiger partial charge in [0.15, 0.2) is 5.82 Å². The summed E-state index contributed by atoms with van der Waals surface area (Å²) in [6.45, 7) is 0. The third-order valence-corrected chi connectivity index (χ3v) is 4.39. The highest BCUT2D eigenvalue weighted by atomic mass is 16.6. The Morgan fingerprint density at radius 3 is 2.70 bits per heavy atom. The van der Waals surface area contributed by atoms with Gasteiger partial charge in [0.05, 0.1) is 40.6 Å². The van der Waals surface area contributed by atoms with Crippen LogP contribution in [0, 0.1) is 10.1 Å². The smallest absolute Gasteiger partial charge is 0.309 e. The topological polar surface area (TPSA) is 121 Å². The van der Waals surface area contributed by atoms with Gasteiger partial charge >= 0.3 is 5.97 Å². The minimum atomic E-state index is -0.609. The fourth-order valence-electron chi connectivity index (χ4n) is 3.09. The van der Waals surface area contributed by atoms with Crippen LogP contribution in [-0.4, -0.2) is 33.3 Å². The molecule has 27 heavy (non-hydrogen) atoms. The molecule has 0 atom stereocenters. The van der Waals surface area contributed by atoms with Gasteiger partial charge < -0.3 is 4.74 Å². The van der Waals surface area contributed by atoms with Crippen molar-refractivity contribution < 1.29 is 19.2 Å². The third-order valence-electron chi connectivity index (χ3n) is 4.39. The monoisotopic (exact) mass is 365 g/mol. The highest BCUT2D eigenvalue weighted by Gasteiger charge is 2.32. The Bertz CT molecular complexity index is 1230. The zero-order chi connectivity index (χ0) is 19.3. The molecule has 0 aliphatic carbocycles. The third kappa shape index (κ3) is 2.48. The van der Waals surface area contributed by atoms with Gasteiger partial charge in [0, 0.05) is 12.1 Å². The van der Waals surface area contributed by atoms with Crippen LogP contribution in [0.15, 0.2) is 41.2 Å². The predicted molar refractivity (Wildman–Crippen MR) is 93.1 cm³/mol. The Kier molecular flexibility index (Phi) is 3.58. The molecule has 1 aliphatic rings. The number of hydrogen-bond donors (Lipinski definition) is 0. The van der Waals surface area contributed by atoms with Gasteiger partial charge in [-0.3, -0.25) is 29.1 Å². The van der Waals surface area contributed by atoms with Crippen molar-refractivity contribution in [3.63, 3.8) is 0 Å². The van der Waals surface area contributed by atoms with E-state index in [0.29, 0.717) is 11.1 Å². The lowest BCUT2D eigenvalue weighted by atomic mass is 10.1. The summed E-state index contributed by atoms with van der Waals surface area (Å²) >= 11 is 0. The predicted octanol–water partition coefficient (Wildman–Crippen LogP) is 1.55. The van der Waals surface area contributed by atoms with Gasteiger partial charge in [0.25, 0.3) is 11.2 Å². The van der Waals surface area contributed by atoms with Gasteiger partial charge in [-0.1, -0.05) is 6.07 Å². The standard InChI is InChI=1S/C18H11N3O6/c1-27-15(22)7-9-2-4-13-11(6-9)18(24)20-14-5-3-10(21(25)26)8-12(14)16(23)17(20)19-13/h2-6,8H,7H2,1H3. The van der Waals surface area contributed by atoms with E-state index in [-0.39, 0.29) is 34.6 Å². The van der Waals surface area contributed by atoms with Crippen molar-refractivity contribution in [2.75, 3.05) is 7.11 Å². The Morgan fingerprint density at radius 1 is 1.22 bits per heavy atom. The number of carbonyl (C=O) groups excluding carboxylic acids is 2. The average molecular weight is 365 g/mol. The zero-order valence-corrected chi connectivity index (χ0v) is 14.0. The summed E-state index contributed by atoms with van der Waals surface area (Å²) in [6.07, 6.45) is -0.00462. The molecule has 0 saturated carbocycles. The van der Waals surface area contributed by atoms with Gasteiger partial charge in [0.2, 0.25) is 5.78 Å². The van der Waals surface area contributed by atoms with E-state index in [4.69, 9.17) is 0 Å². The Balaban J connectivity index is 1.94. The number of nitro benzene ring substituents is 1. The first-order valence-corrected chi connectivity index (χ1v) is 7.86. The summed E-state index contributed by atoms with van der Waals surface area (Å²) in [7, 11) is 1.27. The molecule has 4 rings (SSSR count). The summed E-state index contributed by atoms with van der Waals surface area (Å²) in [5.41, 5.74) is 0.449. The Hall–Kier alpha value is -3.88. The van der Waals surface area contributed by atoms with Gasteiger partial charge in [-0.05, 0) is 23.8 Å². The van der Waals surface area contributed by atoms with E-state index in [1.807, 2.05) is 0 Å². The number of esters is 1. The number of nitrogens with zero attached hydrogens (tertiary/aromatic N) is 3. The summed E-state index contributed by atoms with van der Waals surface area (Å²) in [6, 6.07) is 8.43. The SMILES string of the molecule is COC(=O)Cc1ccc2nc3n(c(=O)c2c1)-c1ccc([N+](=O)[O-])cc1C3=O. The molecule has 1 aromatic heterocycles. The van der Waals surface area contributed by atoms with E-state index in [0.717, 1.165) is 10.6 Å². The second kappa shape index (κ2) is 5.84. The van der Waals surface area contributed by atoms with E-state index < -0.39 is 22.2 Å². The number of non-ortho nitro benzene ring substituents is 1. The minimum absolute atomic E-state index is 0.00462. The zero-order valence-electron chi connectivity index (χ0n) is 14.0. The number of ether oxygens (including phenoxy) is 1. The van der Waals surface area contributed by atoms with Crippen molar-refractivity contribution >= 4 is 28.3 Å². The van der Waals surface area contributed by atoms with E-state index in [1.165, 1.54) is 25.3 Å². The molecule has 134 valence electrons. The summed E-state index contributed by atoms with van der Waals surface area (Å²) in [4.78, 5) is 51.6. The molecule has 3 aromatic rings. The number of methoxy groups -OCH3 is 1. The first-order valence-electron chi connectivity index (χ1n) is 7.86. The quantitative estimate of drug-likeness (QED) is 0.307. The number of ketones is 1. The van der Waals surface area contributed by atoms with Crippen LogP contribution in [0.4, 0.5) is 5.69 Å². The van der Waals surface area contributed by atoms with Crippen LogP contribution in [0.2, 0.25) is 0 Å². The molecule has 0 saturated heterocycles. The normalized spacial score (nSPS) is 12.0. The number of carbonyl (C=O) groups is 2. The fraction of sp³-hybridized carbons (Fsp3) is 0.111. The van der Waals surface area contributed by atoms with Crippen molar-refractivity contribution in [2.45, 2.75) is 6.42 Å². The largest absolute Gasteiger partial charge is 0.469 e. The van der Waals surface area contributed by atoms with E-state index in [2.05, 4.69) is 9.72 Å². The van der Waals surface area contributed by atoms with Crippen molar-refractivity contribution in [3.05, 3.63) is 73.8 Å². The summed E-state index contributed by atoms with van der Waals surface area (Å²) < 4.78 is 5.77. The summed E-state index contributed by atoms with van der Waals surface area (Å²) in [5.74, 6) is -1.09. The molecule has 0 bridgehead atoms. The van der Waals surface area contributed by atoms with Crippen LogP contribution in [0.3, 0.4) is 0 Å². The second-order valence-electron chi connectivity index (χ2n) is 5.97. The van der Waals surface area contributed by atoms with E-state index in [9.17, 15) is 24.5 Å². The van der Waals surface area contributed by atoms with Crippen LogP contribution in [0.5, 0.6) is 0 Å². The first-order chi connectivity index (χ1) is 12.9. The molecule has 0 N–H and O–H groups in total. The average Bonchev–Trinajstić information content (AvgIpc) is 2.94. The molecule has 9 heteroatoms. The van der Waals surface area contributed by atoms with Gasteiger partial charge in [0.1, 0.15) is 0 Å². The highest BCUT2D eigenvalue weighted by Crippen LogP contribution is 2.29. The van der Waals surface area contributed by atoms with Crippen molar-refractivity contribution in [3.8, 4) is 5.69 Å². The molecule has 1 aliphatic heterocycles. The Labute approximate surface area is 151 Å². The van der Waals surface area contributed by atoms with Crippen molar-refractivity contribution in [1.82, 2.24) is 9.55 Å². The van der Waals surface area contributed by atoms with Crippen LogP contribution in [0.1, 0.15) is 21.7 Å². The molecule has 2 heterocycles. The number of fused-ring (bicyclic) bond motifs is 4.